The Morgan fingerprint density at radius 1 is 1.32 bits per heavy atom. The molecule has 1 rings (SSSR count). The highest BCUT2D eigenvalue weighted by atomic mass is 35.5. The molecule has 4 nitrogen and oxygen atoms in total. The molecule has 0 radical (unpaired) electrons. The third-order valence-corrected chi connectivity index (χ3v) is 3.43. The summed E-state index contributed by atoms with van der Waals surface area (Å²) >= 11 is 5.95. The lowest BCUT2D eigenvalue weighted by Gasteiger charge is -2.20. The summed E-state index contributed by atoms with van der Waals surface area (Å²) in [7, 11) is 0. The number of benzene rings is 1. The monoisotopic (exact) mass is 284 g/mol. The predicted molar refractivity (Wildman–Crippen MR) is 80.1 cm³/mol. The average Bonchev–Trinajstić information content (AvgIpc) is 2.33. The zero-order valence-corrected chi connectivity index (χ0v) is 12.5. The van der Waals surface area contributed by atoms with Crippen LogP contribution in [0.25, 0.3) is 0 Å². The van der Waals surface area contributed by atoms with Crippen molar-refractivity contribution in [3.8, 4) is 0 Å². The molecule has 1 N–H and O–H groups in total. The van der Waals surface area contributed by atoms with Gasteiger partial charge in [-0.05, 0) is 31.4 Å². The molecular formula is C14H21ClN2O2. The molecule has 0 spiro atoms. The Bertz CT molecular complexity index is 443. The standard InChI is InChI=1S/C14H21ClN2O2/c1-4-6-11(7-5-2)16-13-9-12(15)14(17(18)19)8-10(13)3/h8-9,11,16H,4-7H2,1-3H3. The molecule has 106 valence electrons. The molecule has 0 aliphatic rings. The van der Waals surface area contributed by atoms with E-state index in [1.54, 1.807) is 6.07 Å². The highest BCUT2D eigenvalue weighted by Gasteiger charge is 2.16. The van der Waals surface area contributed by atoms with E-state index >= 15 is 0 Å². The van der Waals surface area contributed by atoms with E-state index in [4.69, 9.17) is 11.6 Å². The van der Waals surface area contributed by atoms with Crippen LogP contribution in [0.1, 0.15) is 45.1 Å². The predicted octanol–water partition coefficient (Wildman–Crippen LogP) is 4.94. The lowest BCUT2D eigenvalue weighted by Crippen LogP contribution is -2.19. The summed E-state index contributed by atoms with van der Waals surface area (Å²) in [5.41, 5.74) is 1.71. The summed E-state index contributed by atoms with van der Waals surface area (Å²) in [6, 6.07) is 3.58. The van der Waals surface area contributed by atoms with Crippen molar-refractivity contribution in [2.75, 3.05) is 5.32 Å². The number of hydrogen-bond acceptors (Lipinski definition) is 3. The molecule has 0 aliphatic carbocycles. The van der Waals surface area contributed by atoms with E-state index < -0.39 is 4.92 Å². The van der Waals surface area contributed by atoms with E-state index in [9.17, 15) is 10.1 Å². The maximum Gasteiger partial charge on any atom is 0.288 e. The van der Waals surface area contributed by atoms with Crippen LogP contribution in [-0.2, 0) is 0 Å². The van der Waals surface area contributed by atoms with Gasteiger partial charge in [-0.15, -0.1) is 0 Å². The van der Waals surface area contributed by atoms with Crippen molar-refractivity contribution in [1.29, 1.82) is 0 Å². The Morgan fingerprint density at radius 2 is 1.89 bits per heavy atom. The van der Waals surface area contributed by atoms with Crippen molar-refractivity contribution in [1.82, 2.24) is 0 Å². The second kappa shape index (κ2) is 7.34. The molecule has 0 amide bonds. The van der Waals surface area contributed by atoms with E-state index in [0.717, 1.165) is 36.9 Å². The van der Waals surface area contributed by atoms with Crippen LogP contribution in [0.4, 0.5) is 11.4 Å². The molecule has 0 heterocycles. The number of aryl methyl sites for hydroxylation is 1. The van der Waals surface area contributed by atoms with Crippen molar-refractivity contribution in [3.05, 3.63) is 32.8 Å². The van der Waals surface area contributed by atoms with Gasteiger partial charge >= 0.3 is 0 Å². The van der Waals surface area contributed by atoms with Gasteiger partial charge in [0.1, 0.15) is 5.02 Å². The van der Waals surface area contributed by atoms with E-state index in [-0.39, 0.29) is 10.7 Å². The van der Waals surface area contributed by atoms with E-state index in [2.05, 4.69) is 19.2 Å². The quantitative estimate of drug-likeness (QED) is 0.570. The maximum atomic E-state index is 10.8. The first kappa shape index (κ1) is 15.8. The molecule has 0 atom stereocenters. The number of rotatable bonds is 7. The normalized spacial score (nSPS) is 10.8. The van der Waals surface area contributed by atoms with Crippen molar-refractivity contribution >= 4 is 23.0 Å². The molecule has 0 fully saturated rings. The van der Waals surface area contributed by atoms with Crippen molar-refractivity contribution in [2.45, 2.75) is 52.5 Å². The Balaban J connectivity index is 2.94. The first-order valence-corrected chi connectivity index (χ1v) is 7.08. The Morgan fingerprint density at radius 3 is 2.37 bits per heavy atom. The third-order valence-electron chi connectivity index (χ3n) is 3.12. The highest BCUT2D eigenvalue weighted by molar-refractivity contribution is 6.33. The lowest BCUT2D eigenvalue weighted by atomic mass is 10.1. The van der Waals surface area contributed by atoms with Gasteiger partial charge in [0, 0.05) is 17.8 Å². The first-order chi connectivity index (χ1) is 8.99. The van der Waals surface area contributed by atoms with Crippen LogP contribution in [-0.4, -0.2) is 11.0 Å². The van der Waals surface area contributed by atoms with E-state index in [0.29, 0.717) is 6.04 Å². The molecule has 0 saturated heterocycles. The Kier molecular flexibility index (Phi) is 6.09. The summed E-state index contributed by atoms with van der Waals surface area (Å²) in [6.45, 7) is 6.17. The fraction of sp³-hybridized carbons (Fsp3) is 0.571. The number of anilines is 1. The molecule has 0 aromatic heterocycles. The summed E-state index contributed by atoms with van der Waals surface area (Å²) < 4.78 is 0. The minimum absolute atomic E-state index is 0.0350. The molecule has 0 aliphatic heterocycles. The van der Waals surface area contributed by atoms with Crippen molar-refractivity contribution in [2.24, 2.45) is 0 Å². The largest absolute Gasteiger partial charge is 0.382 e. The molecule has 0 unspecified atom stereocenters. The fourth-order valence-electron chi connectivity index (χ4n) is 2.17. The number of nitro groups is 1. The molecule has 0 bridgehead atoms. The second-order valence-electron chi connectivity index (χ2n) is 4.79. The van der Waals surface area contributed by atoms with Gasteiger partial charge in [-0.2, -0.15) is 0 Å². The van der Waals surface area contributed by atoms with E-state index in [1.807, 2.05) is 6.92 Å². The van der Waals surface area contributed by atoms with Gasteiger partial charge in [-0.1, -0.05) is 38.3 Å². The van der Waals surface area contributed by atoms with E-state index in [1.165, 1.54) is 6.07 Å². The first-order valence-electron chi connectivity index (χ1n) is 6.70. The van der Waals surface area contributed by atoms with Crippen LogP contribution in [0.5, 0.6) is 0 Å². The number of nitrogens with one attached hydrogen (secondary N) is 1. The average molecular weight is 285 g/mol. The smallest absolute Gasteiger partial charge is 0.288 e. The molecule has 19 heavy (non-hydrogen) atoms. The maximum absolute atomic E-state index is 10.8. The fourth-order valence-corrected chi connectivity index (χ4v) is 2.40. The third kappa shape index (κ3) is 4.39. The lowest BCUT2D eigenvalue weighted by molar-refractivity contribution is -0.384. The van der Waals surface area contributed by atoms with Gasteiger partial charge in [-0.3, -0.25) is 10.1 Å². The van der Waals surface area contributed by atoms with Crippen LogP contribution in [0.2, 0.25) is 5.02 Å². The second-order valence-corrected chi connectivity index (χ2v) is 5.20. The van der Waals surface area contributed by atoms with Gasteiger partial charge in [0.15, 0.2) is 0 Å². The van der Waals surface area contributed by atoms with Gasteiger partial charge in [-0.25, -0.2) is 0 Å². The molecule has 1 aromatic carbocycles. The SMILES string of the molecule is CCCC(CCC)Nc1cc(Cl)c([N+](=O)[O-])cc1C. The molecular weight excluding hydrogens is 264 g/mol. The van der Waals surface area contributed by atoms with Gasteiger partial charge in [0.05, 0.1) is 4.92 Å². The summed E-state index contributed by atoms with van der Waals surface area (Å²) in [4.78, 5) is 10.4. The minimum Gasteiger partial charge on any atom is -0.382 e. The van der Waals surface area contributed by atoms with Gasteiger partial charge in [0.25, 0.3) is 5.69 Å². The zero-order chi connectivity index (χ0) is 14.4. The van der Waals surface area contributed by atoms with Crippen LogP contribution < -0.4 is 5.32 Å². The van der Waals surface area contributed by atoms with Crippen LogP contribution in [0.3, 0.4) is 0 Å². The topological polar surface area (TPSA) is 55.2 Å². The summed E-state index contributed by atoms with van der Waals surface area (Å²) in [5.74, 6) is 0. The summed E-state index contributed by atoms with van der Waals surface area (Å²) in [5, 5.41) is 14.4. The highest BCUT2D eigenvalue weighted by Crippen LogP contribution is 2.31. The van der Waals surface area contributed by atoms with Crippen LogP contribution >= 0.6 is 11.6 Å². The molecule has 5 heteroatoms. The Hall–Kier alpha value is -1.29. The van der Waals surface area contributed by atoms with Gasteiger partial charge < -0.3 is 5.32 Å². The zero-order valence-electron chi connectivity index (χ0n) is 11.7. The number of halogens is 1. The van der Waals surface area contributed by atoms with Gasteiger partial charge in [0.2, 0.25) is 0 Å². The number of nitrogens with zero attached hydrogens (tertiary/aromatic N) is 1. The number of nitro benzene ring substituents is 1. The van der Waals surface area contributed by atoms with Crippen LogP contribution in [0, 0.1) is 17.0 Å². The van der Waals surface area contributed by atoms with Crippen molar-refractivity contribution in [3.63, 3.8) is 0 Å². The summed E-state index contributed by atoms with van der Waals surface area (Å²) in [6.07, 6.45) is 4.39. The molecule has 0 saturated carbocycles. The minimum atomic E-state index is -0.450. The molecule has 1 aromatic rings. The van der Waals surface area contributed by atoms with Crippen LogP contribution in [0.15, 0.2) is 12.1 Å². The Labute approximate surface area is 119 Å². The number of hydrogen-bond donors (Lipinski definition) is 1. The van der Waals surface area contributed by atoms with Crippen molar-refractivity contribution < 1.29 is 4.92 Å².